The van der Waals surface area contributed by atoms with Crippen LogP contribution in [0.4, 0.5) is 14.9 Å². The summed E-state index contributed by atoms with van der Waals surface area (Å²) in [6.07, 6.45) is 0.194. The molecule has 22 heavy (non-hydrogen) atoms. The SMILES string of the molecule is CN(c1cccc(F)c1)C(CN)CCNC(=O)OC(C)(C)C. The number of ether oxygens (including phenoxy) is 1. The van der Waals surface area contributed by atoms with Crippen LogP contribution >= 0.6 is 0 Å². The van der Waals surface area contributed by atoms with Crippen LogP contribution in [-0.2, 0) is 4.74 Å². The number of carbonyl (C=O) groups excluding carboxylic acids is 1. The van der Waals surface area contributed by atoms with E-state index in [-0.39, 0.29) is 11.9 Å². The third-order valence-electron chi connectivity index (χ3n) is 3.18. The molecule has 0 saturated carbocycles. The van der Waals surface area contributed by atoms with Gasteiger partial charge in [-0.3, -0.25) is 0 Å². The predicted octanol–water partition coefficient (Wildman–Crippen LogP) is 2.50. The molecular weight excluding hydrogens is 285 g/mol. The number of hydrogen-bond acceptors (Lipinski definition) is 4. The number of alkyl carbamates (subject to hydrolysis) is 1. The lowest BCUT2D eigenvalue weighted by Gasteiger charge is -2.29. The van der Waals surface area contributed by atoms with Gasteiger partial charge in [-0.1, -0.05) is 6.07 Å². The van der Waals surface area contributed by atoms with Crippen LogP contribution in [0.15, 0.2) is 24.3 Å². The molecule has 0 fully saturated rings. The molecule has 6 heteroatoms. The van der Waals surface area contributed by atoms with E-state index in [0.717, 1.165) is 5.69 Å². The number of rotatable bonds is 6. The van der Waals surface area contributed by atoms with Crippen molar-refractivity contribution in [3.63, 3.8) is 0 Å². The van der Waals surface area contributed by atoms with Gasteiger partial charge in [-0.2, -0.15) is 0 Å². The molecular formula is C16H26FN3O2. The van der Waals surface area contributed by atoms with E-state index < -0.39 is 11.7 Å². The molecule has 0 saturated heterocycles. The Bertz CT molecular complexity index is 489. The highest BCUT2D eigenvalue weighted by Crippen LogP contribution is 2.17. The van der Waals surface area contributed by atoms with Gasteiger partial charge >= 0.3 is 6.09 Å². The van der Waals surface area contributed by atoms with Crippen LogP contribution in [0.1, 0.15) is 27.2 Å². The molecule has 0 aliphatic heterocycles. The number of anilines is 1. The summed E-state index contributed by atoms with van der Waals surface area (Å²) in [5.41, 5.74) is 6.03. The van der Waals surface area contributed by atoms with E-state index in [1.165, 1.54) is 12.1 Å². The van der Waals surface area contributed by atoms with Crippen molar-refractivity contribution < 1.29 is 13.9 Å². The minimum Gasteiger partial charge on any atom is -0.444 e. The predicted molar refractivity (Wildman–Crippen MR) is 86.5 cm³/mol. The third-order valence-corrected chi connectivity index (χ3v) is 3.18. The molecule has 3 N–H and O–H groups in total. The van der Waals surface area contributed by atoms with Gasteiger partial charge in [0, 0.05) is 31.9 Å². The average Bonchev–Trinajstić information content (AvgIpc) is 2.41. The van der Waals surface area contributed by atoms with Crippen LogP contribution in [0.25, 0.3) is 0 Å². The molecule has 5 nitrogen and oxygen atoms in total. The van der Waals surface area contributed by atoms with Crippen LogP contribution in [0.5, 0.6) is 0 Å². The number of hydrogen-bond donors (Lipinski definition) is 2. The number of halogens is 1. The molecule has 1 amide bonds. The van der Waals surface area contributed by atoms with Gasteiger partial charge in [0.25, 0.3) is 0 Å². The fourth-order valence-corrected chi connectivity index (χ4v) is 2.03. The number of carbonyl (C=O) groups is 1. The Kier molecular flexibility index (Phi) is 6.61. The molecule has 0 aliphatic rings. The maximum absolute atomic E-state index is 13.3. The zero-order valence-electron chi connectivity index (χ0n) is 13.7. The summed E-state index contributed by atoms with van der Waals surface area (Å²) in [4.78, 5) is 13.5. The molecule has 0 spiro atoms. The van der Waals surface area contributed by atoms with Gasteiger partial charge < -0.3 is 20.7 Å². The Morgan fingerprint density at radius 2 is 2.14 bits per heavy atom. The fraction of sp³-hybridized carbons (Fsp3) is 0.562. The minimum absolute atomic E-state index is 0.00302. The Labute approximate surface area is 131 Å². The number of benzene rings is 1. The van der Waals surface area contributed by atoms with Crippen molar-refractivity contribution >= 4 is 11.8 Å². The lowest BCUT2D eigenvalue weighted by molar-refractivity contribution is 0.0526. The van der Waals surface area contributed by atoms with Gasteiger partial charge in [0.2, 0.25) is 0 Å². The Balaban J connectivity index is 2.50. The fourth-order valence-electron chi connectivity index (χ4n) is 2.03. The highest BCUT2D eigenvalue weighted by atomic mass is 19.1. The van der Waals surface area contributed by atoms with Gasteiger partial charge in [0.05, 0.1) is 0 Å². The summed E-state index contributed by atoms with van der Waals surface area (Å²) < 4.78 is 18.4. The van der Waals surface area contributed by atoms with E-state index in [4.69, 9.17) is 10.5 Å². The molecule has 1 aromatic rings. The smallest absolute Gasteiger partial charge is 0.407 e. The normalized spacial score (nSPS) is 12.6. The largest absolute Gasteiger partial charge is 0.444 e. The molecule has 124 valence electrons. The maximum atomic E-state index is 13.3. The summed E-state index contributed by atoms with van der Waals surface area (Å²) in [5, 5.41) is 2.70. The van der Waals surface area contributed by atoms with Crippen LogP contribution in [0.3, 0.4) is 0 Å². The number of nitrogens with two attached hydrogens (primary N) is 1. The first-order chi connectivity index (χ1) is 10.2. The van der Waals surface area contributed by atoms with Crippen molar-refractivity contribution in [1.29, 1.82) is 0 Å². The second-order valence-electron chi connectivity index (χ2n) is 6.20. The lowest BCUT2D eigenvalue weighted by atomic mass is 10.1. The van der Waals surface area contributed by atoms with Gasteiger partial charge in [-0.15, -0.1) is 0 Å². The zero-order chi connectivity index (χ0) is 16.8. The topological polar surface area (TPSA) is 67.6 Å². The number of likely N-dealkylation sites (N-methyl/N-ethyl adjacent to an activating group) is 1. The van der Waals surface area contributed by atoms with Crippen molar-refractivity contribution in [1.82, 2.24) is 5.32 Å². The van der Waals surface area contributed by atoms with Crippen LogP contribution in [-0.4, -0.2) is 37.9 Å². The first-order valence-corrected chi connectivity index (χ1v) is 7.38. The molecule has 0 radical (unpaired) electrons. The summed E-state index contributed by atoms with van der Waals surface area (Å²) in [5.74, 6) is -0.285. The van der Waals surface area contributed by atoms with Crippen molar-refractivity contribution in [3.8, 4) is 0 Å². The average molecular weight is 311 g/mol. The highest BCUT2D eigenvalue weighted by molar-refractivity contribution is 5.67. The van der Waals surface area contributed by atoms with E-state index in [9.17, 15) is 9.18 Å². The van der Waals surface area contributed by atoms with Gasteiger partial charge in [-0.25, -0.2) is 9.18 Å². The first-order valence-electron chi connectivity index (χ1n) is 7.38. The molecule has 1 aromatic carbocycles. The van der Waals surface area contributed by atoms with Crippen LogP contribution in [0.2, 0.25) is 0 Å². The van der Waals surface area contributed by atoms with E-state index >= 15 is 0 Å². The number of amides is 1. The van der Waals surface area contributed by atoms with Gasteiger partial charge in [-0.05, 0) is 45.4 Å². The van der Waals surface area contributed by atoms with Gasteiger partial charge in [0.1, 0.15) is 11.4 Å². The monoisotopic (exact) mass is 311 g/mol. The molecule has 1 unspecified atom stereocenters. The molecule has 0 aliphatic carbocycles. The third kappa shape index (κ3) is 6.30. The Morgan fingerprint density at radius 3 is 2.68 bits per heavy atom. The van der Waals surface area contributed by atoms with Crippen LogP contribution < -0.4 is 16.0 Å². The van der Waals surface area contributed by atoms with E-state index in [2.05, 4.69) is 5.32 Å². The van der Waals surface area contributed by atoms with E-state index in [0.29, 0.717) is 19.5 Å². The number of nitrogens with one attached hydrogen (secondary N) is 1. The van der Waals surface area contributed by atoms with Crippen molar-refractivity contribution in [2.75, 3.05) is 25.0 Å². The minimum atomic E-state index is -0.518. The lowest BCUT2D eigenvalue weighted by Crippen LogP contribution is -2.41. The summed E-state index contributed by atoms with van der Waals surface area (Å²) >= 11 is 0. The zero-order valence-corrected chi connectivity index (χ0v) is 13.7. The van der Waals surface area contributed by atoms with Crippen molar-refractivity contribution in [2.24, 2.45) is 5.73 Å². The number of nitrogens with zero attached hydrogens (tertiary/aromatic N) is 1. The Morgan fingerprint density at radius 1 is 1.45 bits per heavy atom. The quantitative estimate of drug-likeness (QED) is 0.847. The molecule has 1 atom stereocenters. The second-order valence-corrected chi connectivity index (χ2v) is 6.20. The van der Waals surface area contributed by atoms with Crippen molar-refractivity contribution in [2.45, 2.75) is 38.8 Å². The highest BCUT2D eigenvalue weighted by Gasteiger charge is 2.17. The summed E-state index contributed by atoms with van der Waals surface area (Å²) in [7, 11) is 1.86. The standard InChI is InChI=1S/C16H26FN3O2/c1-16(2,3)22-15(21)19-9-8-14(11-18)20(4)13-7-5-6-12(17)10-13/h5-7,10,14H,8-9,11,18H2,1-4H3,(H,19,21). The molecule has 1 rings (SSSR count). The molecule has 0 aromatic heterocycles. The Hall–Kier alpha value is -1.82. The van der Waals surface area contributed by atoms with E-state index in [1.54, 1.807) is 6.07 Å². The second kappa shape index (κ2) is 7.98. The summed E-state index contributed by atoms with van der Waals surface area (Å²) in [6, 6.07) is 6.35. The van der Waals surface area contributed by atoms with Crippen molar-refractivity contribution in [3.05, 3.63) is 30.1 Å². The summed E-state index contributed by atoms with van der Waals surface area (Å²) in [6.45, 7) is 6.28. The molecule has 0 heterocycles. The molecule has 0 bridgehead atoms. The van der Waals surface area contributed by atoms with E-state index in [1.807, 2.05) is 38.8 Å². The van der Waals surface area contributed by atoms with Gasteiger partial charge in [0.15, 0.2) is 0 Å². The first kappa shape index (κ1) is 18.2. The van der Waals surface area contributed by atoms with Crippen LogP contribution in [0, 0.1) is 5.82 Å². The maximum Gasteiger partial charge on any atom is 0.407 e.